The van der Waals surface area contributed by atoms with Gasteiger partial charge in [-0.05, 0) is 43.6 Å². The molecule has 1 aliphatic heterocycles. The average molecular weight is 447 g/mol. The van der Waals surface area contributed by atoms with Crippen molar-refractivity contribution in [3.63, 3.8) is 0 Å². The fraction of sp³-hybridized carbons (Fsp3) is 0.789. The monoisotopic (exact) mass is 446 g/mol. The molecule has 0 aromatic carbocycles. The molecular weight excluding hydrogens is 412 g/mol. The lowest BCUT2D eigenvalue weighted by Gasteiger charge is -2.28. The number of thioether (sulfide) groups is 1. The molecule has 3 amide bonds. The maximum Gasteiger partial charge on any atom is 0.326 e. The first-order valence-electron chi connectivity index (χ1n) is 10.1. The summed E-state index contributed by atoms with van der Waals surface area (Å²) in [5.41, 5.74) is 5.95. The average Bonchev–Trinajstić information content (AvgIpc) is 3.18. The number of nitrogens with one attached hydrogen (secondary N) is 2. The van der Waals surface area contributed by atoms with Crippen molar-refractivity contribution in [2.45, 2.75) is 63.7 Å². The number of likely N-dealkylation sites (tertiary alicyclic amines) is 1. The zero-order valence-corrected chi connectivity index (χ0v) is 18.6. The van der Waals surface area contributed by atoms with Gasteiger partial charge in [-0.25, -0.2) is 4.79 Å². The van der Waals surface area contributed by atoms with E-state index in [0.717, 1.165) is 5.75 Å². The highest BCUT2D eigenvalue weighted by molar-refractivity contribution is 7.98. The predicted molar refractivity (Wildman–Crippen MR) is 114 cm³/mol. The molecule has 0 saturated carbocycles. The van der Waals surface area contributed by atoms with Crippen LogP contribution in [0.15, 0.2) is 0 Å². The van der Waals surface area contributed by atoms with Gasteiger partial charge in [0.2, 0.25) is 17.7 Å². The molecule has 1 saturated heterocycles. The predicted octanol–water partition coefficient (Wildman–Crippen LogP) is -0.850. The summed E-state index contributed by atoms with van der Waals surface area (Å²) in [4.78, 5) is 50.5. The number of carbonyl (C=O) groups is 4. The van der Waals surface area contributed by atoms with Gasteiger partial charge in [0, 0.05) is 6.54 Å². The maximum absolute atomic E-state index is 12.7. The fourth-order valence-corrected chi connectivity index (χ4v) is 3.80. The Hall–Kier alpha value is -1.85. The van der Waals surface area contributed by atoms with Crippen molar-refractivity contribution in [1.29, 1.82) is 0 Å². The van der Waals surface area contributed by atoms with Crippen LogP contribution in [-0.4, -0.2) is 88.1 Å². The van der Waals surface area contributed by atoms with Crippen LogP contribution in [0.3, 0.4) is 0 Å². The highest BCUT2D eigenvalue weighted by atomic mass is 32.2. The summed E-state index contributed by atoms with van der Waals surface area (Å²) in [6, 6.07) is -3.91. The molecular formula is C19H34N4O6S. The van der Waals surface area contributed by atoms with Crippen molar-refractivity contribution in [2.75, 3.05) is 25.2 Å². The van der Waals surface area contributed by atoms with E-state index in [1.54, 1.807) is 11.8 Å². The summed E-state index contributed by atoms with van der Waals surface area (Å²) in [7, 11) is 0. The number of hydrogen-bond acceptors (Lipinski definition) is 7. The second-order valence-electron chi connectivity index (χ2n) is 7.85. The van der Waals surface area contributed by atoms with Gasteiger partial charge in [0.1, 0.15) is 18.1 Å². The number of nitrogens with two attached hydrogens (primary N) is 1. The Morgan fingerprint density at radius 3 is 2.40 bits per heavy atom. The minimum Gasteiger partial charge on any atom is -0.480 e. The highest BCUT2D eigenvalue weighted by Gasteiger charge is 2.37. The molecule has 11 heteroatoms. The molecule has 1 rings (SSSR count). The molecule has 172 valence electrons. The molecule has 1 fully saturated rings. The van der Waals surface area contributed by atoms with Crippen molar-refractivity contribution < 1.29 is 29.4 Å². The van der Waals surface area contributed by atoms with Gasteiger partial charge in [0.25, 0.3) is 0 Å². The number of nitrogens with zero attached hydrogens (tertiary/aromatic N) is 1. The van der Waals surface area contributed by atoms with Crippen molar-refractivity contribution in [2.24, 2.45) is 11.7 Å². The Morgan fingerprint density at radius 2 is 1.87 bits per heavy atom. The molecule has 6 N–H and O–H groups in total. The van der Waals surface area contributed by atoms with Crippen molar-refractivity contribution in [1.82, 2.24) is 15.5 Å². The van der Waals surface area contributed by atoms with Gasteiger partial charge < -0.3 is 31.5 Å². The molecule has 0 aromatic heterocycles. The lowest BCUT2D eigenvalue weighted by molar-refractivity contribution is -0.143. The standard InChI is InChI=1S/C19H34N4O6S/c1-11(2)9-13(19(28)29)21-16(25)14(10-24)22-17(26)15-5-4-7-23(15)18(27)12(20)6-8-30-3/h11-15,24H,4-10,20H2,1-3H3,(H,21,25)(H,22,26)(H,28,29). The minimum atomic E-state index is -1.31. The van der Waals surface area contributed by atoms with Crippen LogP contribution in [0.5, 0.6) is 0 Å². The summed E-state index contributed by atoms with van der Waals surface area (Å²) in [5, 5.41) is 23.6. The molecule has 1 aliphatic rings. The molecule has 4 atom stereocenters. The van der Waals surface area contributed by atoms with Crippen LogP contribution < -0.4 is 16.4 Å². The van der Waals surface area contributed by atoms with Gasteiger partial charge in [0.05, 0.1) is 12.6 Å². The van der Waals surface area contributed by atoms with E-state index in [1.807, 2.05) is 20.1 Å². The van der Waals surface area contributed by atoms with Gasteiger partial charge in [-0.1, -0.05) is 13.8 Å². The Morgan fingerprint density at radius 1 is 1.20 bits per heavy atom. The Kier molecular flexibility index (Phi) is 11.1. The summed E-state index contributed by atoms with van der Waals surface area (Å²) in [5.74, 6) is -2.09. The number of carbonyl (C=O) groups excluding carboxylic acids is 3. The smallest absolute Gasteiger partial charge is 0.326 e. The lowest BCUT2D eigenvalue weighted by Crippen LogP contribution is -2.57. The van der Waals surface area contributed by atoms with E-state index in [-0.39, 0.29) is 18.2 Å². The van der Waals surface area contributed by atoms with E-state index in [4.69, 9.17) is 5.73 Å². The third-order valence-corrected chi connectivity index (χ3v) is 5.57. The fourth-order valence-electron chi connectivity index (χ4n) is 3.31. The van der Waals surface area contributed by atoms with Crippen molar-refractivity contribution in [3.05, 3.63) is 0 Å². The van der Waals surface area contributed by atoms with Crippen LogP contribution >= 0.6 is 11.8 Å². The van der Waals surface area contributed by atoms with E-state index in [9.17, 15) is 29.4 Å². The van der Waals surface area contributed by atoms with Gasteiger partial charge in [0.15, 0.2) is 0 Å². The summed E-state index contributed by atoms with van der Waals surface area (Å²) < 4.78 is 0. The van der Waals surface area contributed by atoms with Crippen LogP contribution in [0.2, 0.25) is 0 Å². The number of aliphatic hydroxyl groups is 1. The molecule has 0 spiro atoms. The number of carboxylic acids is 1. The first-order chi connectivity index (χ1) is 14.1. The topological polar surface area (TPSA) is 162 Å². The molecule has 0 bridgehead atoms. The van der Waals surface area contributed by atoms with E-state index in [0.29, 0.717) is 25.8 Å². The van der Waals surface area contributed by atoms with Crippen LogP contribution in [-0.2, 0) is 19.2 Å². The largest absolute Gasteiger partial charge is 0.480 e. The summed E-state index contributed by atoms with van der Waals surface area (Å²) in [6.07, 6.45) is 3.69. The van der Waals surface area contributed by atoms with Crippen molar-refractivity contribution in [3.8, 4) is 0 Å². The number of aliphatic carboxylic acids is 1. The first-order valence-corrected chi connectivity index (χ1v) is 11.5. The Labute approximate surface area is 181 Å². The van der Waals surface area contributed by atoms with E-state index < -0.39 is 48.6 Å². The number of hydrogen-bond donors (Lipinski definition) is 5. The summed E-state index contributed by atoms with van der Waals surface area (Å²) >= 11 is 1.58. The molecule has 0 radical (unpaired) electrons. The zero-order chi connectivity index (χ0) is 22.8. The van der Waals surface area contributed by atoms with Crippen LogP contribution in [0, 0.1) is 5.92 Å². The third kappa shape index (κ3) is 7.77. The first kappa shape index (κ1) is 26.2. The third-order valence-electron chi connectivity index (χ3n) is 4.93. The number of carboxylic acid groups (broad SMARTS) is 1. The van der Waals surface area contributed by atoms with Crippen LogP contribution in [0.1, 0.15) is 39.5 Å². The second kappa shape index (κ2) is 12.8. The molecule has 4 unspecified atom stereocenters. The van der Waals surface area contributed by atoms with Crippen molar-refractivity contribution >= 4 is 35.5 Å². The maximum atomic E-state index is 12.7. The molecule has 10 nitrogen and oxygen atoms in total. The molecule has 30 heavy (non-hydrogen) atoms. The van der Waals surface area contributed by atoms with Crippen LogP contribution in [0.4, 0.5) is 0 Å². The second-order valence-corrected chi connectivity index (χ2v) is 8.84. The van der Waals surface area contributed by atoms with E-state index >= 15 is 0 Å². The van der Waals surface area contributed by atoms with Gasteiger partial charge in [-0.3, -0.25) is 14.4 Å². The Balaban J connectivity index is 2.75. The quantitative estimate of drug-likeness (QED) is 0.259. The molecule has 1 heterocycles. The number of amides is 3. The van der Waals surface area contributed by atoms with Gasteiger partial charge in [-0.15, -0.1) is 0 Å². The highest BCUT2D eigenvalue weighted by Crippen LogP contribution is 2.19. The molecule has 0 aromatic rings. The lowest BCUT2D eigenvalue weighted by atomic mass is 10.0. The summed E-state index contributed by atoms with van der Waals surface area (Å²) in [6.45, 7) is 3.35. The van der Waals surface area contributed by atoms with Gasteiger partial charge in [-0.2, -0.15) is 11.8 Å². The molecule has 0 aliphatic carbocycles. The number of aliphatic hydroxyl groups excluding tert-OH is 1. The Bertz CT molecular complexity index is 618. The number of rotatable bonds is 12. The zero-order valence-electron chi connectivity index (χ0n) is 17.8. The SMILES string of the molecule is CSCCC(N)C(=O)N1CCCC1C(=O)NC(CO)C(=O)NC(CC(C)C)C(=O)O. The van der Waals surface area contributed by atoms with E-state index in [2.05, 4.69) is 10.6 Å². The van der Waals surface area contributed by atoms with Crippen LogP contribution in [0.25, 0.3) is 0 Å². The van der Waals surface area contributed by atoms with Gasteiger partial charge >= 0.3 is 5.97 Å². The minimum absolute atomic E-state index is 0.0296. The van der Waals surface area contributed by atoms with E-state index in [1.165, 1.54) is 4.90 Å². The normalized spacial score (nSPS) is 19.3.